The average Bonchev–Trinajstić information content (AvgIpc) is 3.09. The first kappa shape index (κ1) is 30.0. The van der Waals surface area contributed by atoms with Gasteiger partial charge >= 0.3 is 12.1 Å². The lowest BCUT2D eigenvalue weighted by Crippen LogP contribution is -2.49. The molecule has 12 nitrogen and oxygen atoms in total. The molecule has 2 aliphatic heterocycles. The SMILES string of the molecule is COc1ccc(C2=CC=CC(N3CNCc4cnc(N(C(=O)OCOC(=O)C5CCNCC5)c5ccccc5)nc43)C2=O)cc1. The first-order chi connectivity index (χ1) is 22.0. The number of rotatable bonds is 8. The Balaban J connectivity index is 1.24. The second kappa shape index (κ2) is 13.7. The minimum atomic E-state index is -0.807. The Labute approximate surface area is 260 Å². The molecule has 1 aliphatic carbocycles. The number of Topliss-reactive ketones (excluding diaryl/α,β-unsaturated/α-hetero) is 1. The number of allylic oxidation sites excluding steroid dienone is 2. The van der Waals surface area contributed by atoms with Gasteiger partial charge in [0.25, 0.3) is 0 Å². The molecular formula is C33H34N6O6. The highest BCUT2D eigenvalue weighted by molar-refractivity contribution is 6.26. The van der Waals surface area contributed by atoms with Gasteiger partial charge in [-0.05, 0) is 55.8 Å². The van der Waals surface area contributed by atoms with Gasteiger partial charge in [-0.2, -0.15) is 4.98 Å². The molecule has 0 spiro atoms. The smallest absolute Gasteiger partial charge is 0.424 e. The van der Waals surface area contributed by atoms with Crippen LogP contribution in [-0.2, 0) is 25.6 Å². The number of hydrogen-bond donors (Lipinski definition) is 2. The second-order valence-electron chi connectivity index (χ2n) is 10.8. The highest BCUT2D eigenvalue weighted by atomic mass is 16.7. The van der Waals surface area contributed by atoms with Crippen LogP contribution < -0.4 is 25.2 Å². The van der Waals surface area contributed by atoms with Crippen molar-refractivity contribution in [3.63, 3.8) is 0 Å². The maximum Gasteiger partial charge on any atom is 0.424 e. The third kappa shape index (κ3) is 6.56. The first-order valence-electron chi connectivity index (χ1n) is 14.8. The van der Waals surface area contributed by atoms with Crippen LogP contribution in [0.4, 0.5) is 22.2 Å². The van der Waals surface area contributed by atoms with E-state index in [-0.39, 0.29) is 17.6 Å². The number of aromatic nitrogens is 2. The molecule has 1 saturated heterocycles. The van der Waals surface area contributed by atoms with Crippen molar-refractivity contribution in [2.45, 2.75) is 25.4 Å². The summed E-state index contributed by atoms with van der Waals surface area (Å²) in [4.78, 5) is 52.1. The van der Waals surface area contributed by atoms with E-state index in [1.165, 1.54) is 4.90 Å². The number of fused-ring (bicyclic) bond motifs is 1. The maximum atomic E-state index is 13.8. The maximum absolute atomic E-state index is 13.8. The van der Waals surface area contributed by atoms with E-state index in [0.29, 0.717) is 48.9 Å². The monoisotopic (exact) mass is 610 g/mol. The Kier molecular flexibility index (Phi) is 9.13. The minimum Gasteiger partial charge on any atom is -0.497 e. The number of nitrogens with one attached hydrogen (secondary N) is 2. The second-order valence-corrected chi connectivity index (χ2v) is 10.8. The number of esters is 1. The highest BCUT2D eigenvalue weighted by Crippen LogP contribution is 2.32. The van der Waals surface area contributed by atoms with Crippen LogP contribution in [0, 0.1) is 5.92 Å². The molecule has 1 fully saturated rings. The number of nitrogens with zero attached hydrogens (tertiary/aromatic N) is 4. The van der Waals surface area contributed by atoms with E-state index in [9.17, 15) is 14.4 Å². The Hall–Kier alpha value is -5.07. The number of anilines is 3. The molecule has 0 bridgehead atoms. The van der Waals surface area contributed by atoms with Crippen LogP contribution in [0.3, 0.4) is 0 Å². The van der Waals surface area contributed by atoms with E-state index in [1.54, 1.807) is 43.6 Å². The zero-order chi connectivity index (χ0) is 31.2. The van der Waals surface area contributed by atoms with E-state index < -0.39 is 24.9 Å². The topological polar surface area (TPSA) is 135 Å². The van der Waals surface area contributed by atoms with Crippen molar-refractivity contribution < 1.29 is 28.6 Å². The van der Waals surface area contributed by atoms with Gasteiger partial charge in [-0.1, -0.05) is 48.6 Å². The number of carbonyl (C=O) groups excluding carboxylic acids is 3. The Bertz CT molecular complexity index is 1600. The predicted molar refractivity (Wildman–Crippen MR) is 167 cm³/mol. The Morgan fingerprint density at radius 3 is 2.56 bits per heavy atom. The number of methoxy groups -OCH3 is 1. The number of benzene rings is 2. The van der Waals surface area contributed by atoms with Crippen molar-refractivity contribution >= 4 is 40.9 Å². The van der Waals surface area contributed by atoms with Gasteiger partial charge in [0.15, 0.2) is 5.78 Å². The van der Waals surface area contributed by atoms with E-state index in [1.807, 2.05) is 47.4 Å². The number of ketones is 1. The van der Waals surface area contributed by atoms with Crippen LogP contribution in [0.25, 0.3) is 5.57 Å². The molecule has 2 aromatic carbocycles. The van der Waals surface area contributed by atoms with Gasteiger partial charge in [-0.3, -0.25) is 14.9 Å². The zero-order valence-corrected chi connectivity index (χ0v) is 24.8. The Morgan fingerprint density at radius 2 is 1.80 bits per heavy atom. The molecule has 1 atom stereocenters. The Morgan fingerprint density at radius 1 is 1.02 bits per heavy atom. The van der Waals surface area contributed by atoms with Gasteiger partial charge in [0.05, 0.1) is 25.4 Å². The summed E-state index contributed by atoms with van der Waals surface area (Å²) < 4.78 is 15.9. The lowest BCUT2D eigenvalue weighted by Gasteiger charge is -2.36. The van der Waals surface area contributed by atoms with Crippen molar-refractivity contribution in [1.29, 1.82) is 0 Å². The summed E-state index contributed by atoms with van der Waals surface area (Å²) in [7, 11) is 1.60. The number of amides is 1. The van der Waals surface area contributed by atoms with E-state index in [0.717, 1.165) is 24.2 Å². The molecule has 232 valence electrons. The van der Waals surface area contributed by atoms with E-state index in [2.05, 4.69) is 15.6 Å². The number of hydrogen-bond acceptors (Lipinski definition) is 11. The predicted octanol–water partition coefficient (Wildman–Crippen LogP) is 3.72. The van der Waals surface area contributed by atoms with Gasteiger partial charge in [-0.15, -0.1) is 0 Å². The van der Waals surface area contributed by atoms with Gasteiger partial charge in [-0.25, -0.2) is 14.7 Å². The molecule has 45 heavy (non-hydrogen) atoms. The summed E-state index contributed by atoms with van der Waals surface area (Å²) in [5.74, 6) is 0.567. The third-order valence-corrected chi connectivity index (χ3v) is 7.98. The number of piperidine rings is 1. The average molecular weight is 611 g/mol. The fraction of sp³-hybridized carbons (Fsp3) is 0.303. The summed E-state index contributed by atoms with van der Waals surface area (Å²) in [5, 5.41) is 6.52. The highest BCUT2D eigenvalue weighted by Gasteiger charge is 2.34. The van der Waals surface area contributed by atoms with Crippen molar-refractivity contribution in [1.82, 2.24) is 20.6 Å². The molecular weight excluding hydrogens is 576 g/mol. The van der Waals surface area contributed by atoms with Crippen LogP contribution in [0.5, 0.6) is 5.75 Å². The van der Waals surface area contributed by atoms with Gasteiger partial charge < -0.3 is 24.4 Å². The summed E-state index contributed by atoms with van der Waals surface area (Å²) in [6.45, 7) is 1.78. The van der Waals surface area contributed by atoms with Crippen LogP contribution in [0.2, 0.25) is 0 Å². The lowest BCUT2D eigenvalue weighted by atomic mass is 9.92. The van der Waals surface area contributed by atoms with E-state index >= 15 is 0 Å². The summed E-state index contributed by atoms with van der Waals surface area (Å²) in [6.07, 6.45) is 7.66. The molecule has 1 aromatic heterocycles. The standard InChI is InChI=1S/C33H34N6O6/c1-43-26-12-10-22(11-13-26)27-8-5-9-28(29(27)40)38-20-35-18-24-19-36-32(37-30(24)38)39(25-6-3-2-4-7-25)33(42)45-21-44-31(41)23-14-16-34-17-15-23/h2-13,19,23,28,34-35H,14-18,20-21H2,1H3. The molecule has 3 heterocycles. The molecule has 3 aromatic rings. The molecule has 1 unspecified atom stereocenters. The quantitative estimate of drug-likeness (QED) is 0.285. The lowest BCUT2D eigenvalue weighted by molar-refractivity contribution is -0.157. The van der Waals surface area contributed by atoms with E-state index in [4.69, 9.17) is 19.2 Å². The normalized spacial score (nSPS) is 18.1. The fourth-order valence-electron chi connectivity index (χ4n) is 5.58. The van der Waals surface area contributed by atoms with Crippen LogP contribution >= 0.6 is 0 Å². The largest absolute Gasteiger partial charge is 0.497 e. The fourth-order valence-corrected chi connectivity index (χ4v) is 5.58. The van der Waals surface area contributed by atoms with Crippen molar-refractivity contribution in [2.75, 3.05) is 43.5 Å². The number of ether oxygens (including phenoxy) is 3. The molecule has 0 saturated carbocycles. The van der Waals surface area contributed by atoms with Crippen LogP contribution in [-0.4, -0.2) is 67.5 Å². The molecule has 0 radical (unpaired) electrons. The number of para-hydroxylation sites is 1. The van der Waals surface area contributed by atoms with Crippen LogP contribution in [0.15, 0.2) is 79.0 Å². The molecule has 2 N–H and O–H groups in total. The van der Waals surface area contributed by atoms with Gasteiger partial charge in [0, 0.05) is 23.9 Å². The molecule has 1 amide bonds. The summed E-state index contributed by atoms with van der Waals surface area (Å²) >= 11 is 0. The summed E-state index contributed by atoms with van der Waals surface area (Å²) in [5.41, 5.74) is 2.58. The minimum absolute atomic E-state index is 0.0553. The summed E-state index contributed by atoms with van der Waals surface area (Å²) in [6, 6.07) is 15.5. The molecule has 12 heteroatoms. The molecule has 3 aliphatic rings. The van der Waals surface area contributed by atoms with Crippen molar-refractivity contribution in [3.05, 3.63) is 90.1 Å². The van der Waals surface area contributed by atoms with Crippen LogP contribution in [0.1, 0.15) is 24.0 Å². The van der Waals surface area contributed by atoms with Crippen molar-refractivity contribution in [2.24, 2.45) is 5.92 Å². The number of carbonyl (C=O) groups is 3. The van der Waals surface area contributed by atoms with Crippen molar-refractivity contribution in [3.8, 4) is 5.75 Å². The molecule has 6 rings (SSSR count). The van der Waals surface area contributed by atoms with Gasteiger partial charge in [0.1, 0.15) is 17.6 Å². The van der Waals surface area contributed by atoms with Gasteiger partial charge in [0.2, 0.25) is 12.7 Å². The first-order valence-corrected chi connectivity index (χ1v) is 14.8. The third-order valence-electron chi connectivity index (χ3n) is 7.98. The zero-order valence-electron chi connectivity index (χ0n) is 24.8.